The number of hydrogen-bond donors (Lipinski definition) is 1. The average Bonchev–Trinajstić information content (AvgIpc) is 3.92. The minimum atomic E-state index is -1.43. The van der Waals surface area contributed by atoms with Crippen LogP contribution in [0.1, 0.15) is 133 Å². The monoisotopic (exact) mass is 983 g/mol. The van der Waals surface area contributed by atoms with Gasteiger partial charge in [0.25, 0.3) is 0 Å². The van der Waals surface area contributed by atoms with Crippen molar-refractivity contribution in [2.24, 2.45) is 23.7 Å². The Labute approximate surface area is 409 Å². The first-order chi connectivity index (χ1) is 31.5. The van der Waals surface area contributed by atoms with Crippen LogP contribution in [0.4, 0.5) is 4.79 Å². The summed E-state index contributed by atoms with van der Waals surface area (Å²) in [5, 5.41) is 12.0. The molecule has 17 atom stereocenters. The minimum absolute atomic E-state index is 0.0935. The topological polar surface area (TPSA) is 152 Å². The van der Waals surface area contributed by atoms with E-state index in [0.717, 1.165) is 12.0 Å². The molecule has 1 aliphatic carbocycles. The summed E-state index contributed by atoms with van der Waals surface area (Å²) >= 11 is 12.6. The zero-order valence-electron chi connectivity index (χ0n) is 42.3. The molecule has 0 bridgehead atoms. The Bertz CT molecular complexity index is 1870. The van der Waals surface area contributed by atoms with Crippen LogP contribution >= 0.6 is 23.2 Å². The van der Waals surface area contributed by atoms with E-state index in [1.807, 2.05) is 47.6 Å². The predicted octanol–water partition coefficient (Wildman–Crippen LogP) is 8.80. The molecule has 4 saturated heterocycles. The van der Waals surface area contributed by atoms with Gasteiger partial charge in [-0.3, -0.25) is 14.5 Å². The summed E-state index contributed by atoms with van der Waals surface area (Å²) in [5.41, 5.74) is -2.74. The zero-order chi connectivity index (χ0) is 49.3. The van der Waals surface area contributed by atoms with Gasteiger partial charge in [-0.2, -0.15) is 0 Å². The van der Waals surface area contributed by atoms with Crippen molar-refractivity contribution >= 4 is 41.0 Å². The first-order valence-corrected chi connectivity index (χ1v) is 25.6. The summed E-state index contributed by atoms with van der Waals surface area (Å²) in [6.07, 6.45) is 0.830. The Morgan fingerprint density at radius 1 is 0.851 bits per heavy atom. The number of cyclic esters (lactones) is 1. The number of ketones is 1. The molecule has 5 aliphatic rings. The third-order valence-electron chi connectivity index (χ3n) is 16.4. The lowest BCUT2D eigenvalue weighted by Gasteiger charge is -2.49. The Morgan fingerprint density at radius 3 is 2.15 bits per heavy atom. The summed E-state index contributed by atoms with van der Waals surface area (Å²) in [7, 11) is 5.38. The number of aliphatic hydroxyl groups excluding tert-OH is 1. The fourth-order valence-electron chi connectivity index (χ4n) is 12.3. The highest BCUT2D eigenvalue weighted by Crippen LogP contribution is 2.45. The lowest BCUT2D eigenvalue weighted by atomic mass is 9.73. The number of halogens is 2. The van der Waals surface area contributed by atoms with Gasteiger partial charge in [-0.1, -0.05) is 69.8 Å². The van der Waals surface area contributed by atoms with Crippen molar-refractivity contribution in [2.75, 3.05) is 27.8 Å². The van der Waals surface area contributed by atoms with Crippen LogP contribution in [-0.4, -0.2) is 145 Å². The average molecular weight is 984 g/mol. The van der Waals surface area contributed by atoms with Crippen molar-refractivity contribution in [1.29, 1.82) is 0 Å². The third-order valence-corrected chi connectivity index (χ3v) is 17.2. The molecule has 0 unspecified atom stereocenters. The van der Waals surface area contributed by atoms with Crippen LogP contribution in [0.25, 0.3) is 0 Å². The Morgan fingerprint density at radius 2 is 1.52 bits per heavy atom. The lowest BCUT2D eigenvalue weighted by Crippen LogP contribution is -2.60. The molecule has 4 heterocycles. The highest BCUT2D eigenvalue weighted by Gasteiger charge is 2.61. The van der Waals surface area contributed by atoms with Crippen LogP contribution < -0.4 is 0 Å². The number of aliphatic hydroxyl groups is 1. The van der Waals surface area contributed by atoms with Crippen molar-refractivity contribution in [3.05, 3.63) is 33.8 Å². The van der Waals surface area contributed by atoms with Crippen LogP contribution in [0.3, 0.4) is 0 Å². The molecule has 1 aromatic rings. The van der Waals surface area contributed by atoms with Crippen molar-refractivity contribution in [3.63, 3.8) is 0 Å². The van der Waals surface area contributed by atoms with Crippen LogP contribution in [-0.2, 0) is 53.9 Å². The summed E-state index contributed by atoms with van der Waals surface area (Å²) in [4.78, 5) is 48.4. The van der Waals surface area contributed by atoms with E-state index in [-0.39, 0.29) is 43.7 Å². The van der Waals surface area contributed by atoms with Crippen molar-refractivity contribution in [1.82, 2.24) is 9.80 Å². The molecule has 1 aromatic carbocycles. The summed E-state index contributed by atoms with van der Waals surface area (Å²) in [6.45, 7) is 18.9. The molecule has 67 heavy (non-hydrogen) atoms. The molecule has 0 spiro atoms. The summed E-state index contributed by atoms with van der Waals surface area (Å²) in [5.74, 6) is -3.59. The number of carbonyl (C=O) groups excluding carboxylic acids is 3. The molecule has 5 fully saturated rings. The second-order valence-electron chi connectivity index (χ2n) is 21.2. The normalized spacial score (nSPS) is 41.8. The van der Waals surface area contributed by atoms with E-state index < -0.39 is 102 Å². The van der Waals surface area contributed by atoms with Crippen molar-refractivity contribution in [2.45, 2.75) is 218 Å². The molecule has 1 amide bonds. The van der Waals surface area contributed by atoms with E-state index in [9.17, 15) is 14.7 Å². The van der Waals surface area contributed by atoms with Crippen LogP contribution in [0.15, 0.2) is 18.2 Å². The molecular weight excluding hydrogens is 903 g/mol. The number of amides is 1. The molecule has 4 aliphatic heterocycles. The second-order valence-corrected chi connectivity index (χ2v) is 22.0. The van der Waals surface area contributed by atoms with E-state index in [1.54, 1.807) is 52.0 Å². The number of nitrogens with zero attached hydrogens (tertiary/aromatic N) is 2. The third kappa shape index (κ3) is 11.5. The van der Waals surface area contributed by atoms with Gasteiger partial charge in [0, 0.05) is 63.4 Å². The van der Waals surface area contributed by atoms with Gasteiger partial charge in [0.05, 0.1) is 57.6 Å². The number of Topliss-reactive ketones (excluding diaryl/α,β-unsaturated/α-hetero) is 1. The SMILES string of the molecule is CC[C@@H]1OC(=O)[C@H](C)[C@@H](O[C@H]2C[C@@](C)(OC)[C@@H](O)[C@H](C)O2)[C@H](C)[C@@H](O[C@H]2C[C@@H](N(C)C3CCCC3)C[C@@H](C)O2)[C@@](C)(OC)C[C@@H](C)C(=O)[C@@H](C)[C@H]2N(CCc3ccc(Cl)c(Cl)c3)C(=O)O[C@]12C. The molecule has 0 aromatic heterocycles. The minimum Gasteiger partial charge on any atom is -0.458 e. The molecule has 1 saturated carbocycles. The molecule has 0 radical (unpaired) electrons. The fraction of sp³-hybridized carbons (Fsp3) is 0.824. The van der Waals surface area contributed by atoms with Gasteiger partial charge in [0.1, 0.15) is 18.0 Å². The van der Waals surface area contributed by atoms with Crippen LogP contribution in [0, 0.1) is 23.7 Å². The molecule has 6 rings (SSSR count). The predicted molar refractivity (Wildman–Crippen MR) is 255 cm³/mol. The highest BCUT2D eigenvalue weighted by molar-refractivity contribution is 6.42. The van der Waals surface area contributed by atoms with E-state index in [1.165, 1.54) is 25.7 Å². The number of benzene rings is 1. The van der Waals surface area contributed by atoms with Gasteiger partial charge in [0.2, 0.25) is 0 Å². The first kappa shape index (κ1) is 54.2. The quantitative estimate of drug-likeness (QED) is 0.199. The van der Waals surface area contributed by atoms with Crippen LogP contribution in [0.5, 0.6) is 0 Å². The number of hydrogen-bond acceptors (Lipinski definition) is 13. The number of methoxy groups -OCH3 is 2. The van der Waals surface area contributed by atoms with Gasteiger partial charge in [-0.05, 0) is 105 Å². The van der Waals surface area contributed by atoms with Gasteiger partial charge < -0.3 is 47.9 Å². The molecular formula is C51H80Cl2N2O12. The fourth-order valence-corrected chi connectivity index (χ4v) is 12.6. The van der Waals surface area contributed by atoms with Gasteiger partial charge >= 0.3 is 12.1 Å². The number of rotatable bonds is 12. The maximum absolute atomic E-state index is 15.1. The second kappa shape index (κ2) is 22.1. The van der Waals surface area contributed by atoms with Crippen LogP contribution in [0.2, 0.25) is 10.0 Å². The molecule has 1 N–H and O–H groups in total. The van der Waals surface area contributed by atoms with Gasteiger partial charge in [-0.25, -0.2) is 4.79 Å². The van der Waals surface area contributed by atoms with E-state index >= 15 is 4.79 Å². The summed E-state index contributed by atoms with van der Waals surface area (Å²) < 4.78 is 52.5. The smallest absolute Gasteiger partial charge is 0.410 e. The maximum Gasteiger partial charge on any atom is 0.410 e. The number of fused-ring (bicyclic) bond motifs is 1. The Balaban J connectivity index is 1.42. The Kier molecular flexibility index (Phi) is 17.9. The lowest BCUT2D eigenvalue weighted by molar-refractivity contribution is -0.309. The Hall–Kier alpha value is -2.11. The zero-order valence-corrected chi connectivity index (χ0v) is 43.8. The first-order valence-electron chi connectivity index (χ1n) is 24.8. The molecule has 14 nitrogen and oxygen atoms in total. The maximum atomic E-state index is 15.1. The van der Waals surface area contributed by atoms with Crippen molar-refractivity contribution in [3.8, 4) is 0 Å². The van der Waals surface area contributed by atoms with E-state index in [4.69, 9.17) is 61.1 Å². The standard InChI is InChI=1S/C51H80Cl2N2O12/c1-14-39-51(10)44(55(48(59)67-51)22-21-34-19-20-37(52)38(53)24-34)30(4)42(56)28(2)26-50(9,61-13)46(66-40-25-36(23-29(3)62-40)54(11)35-17-15-16-18-35)31(5)43(32(6)47(58)64-39)65-41-27-49(8,60-12)45(57)33(7)63-41/h19-20,24,28-33,35-36,39-41,43-46,57H,14-18,21-23,25-27H2,1-13H3/t28-,29-,30-,31+,32-,33+,36+,39+,40+,41+,43+,44-,45+,46-,49-,50+,51-/m1/s1. The van der Waals surface area contributed by atoms with Gasteiger partial charge in [0.15, 0.2) is 18.2 Å². The van der Waals surface area contributed by atoms with Gasteiger partial charge in [-0.15, -0.1) is 0 Å². The number of carbonyl (C=O) groups is 3. The van der Waals surface area contributed by atoms with E-state index in [0.29, 0.717) is 28.9 Å². The van der Waals surface area contributed by atoms with E-state index in [2.05, 4.69) is 18.9 Å². The largest absolute Gasteiger partial charge is 0.458 e. The molecule has 380 valence electrons. The number of ether oxygens (including phenoxy) is 8. The summed E-state index contributed by atoms with van der Waals surface area (Å²) in [6, 6.07) is 5.23. The number of esters is 1. The highest BCUT2D eigenvalue weighted by atomic mass is 35.5. The molecule has 16 heteroatoms. The van der Waals surface area contributed by atoms with Crippen molar-refractivity contribution < 1.29 is 57.4 Å².